The van der Waals surface area contributed by atoms with Gasteiger partial charge in [-0.3, -0.25) is 0 Å². The Morgan fingerprint density at radius 3 is 2.73 bits per heavy atom. The molecule has 0 saturated heterocycles. The Hall–Kier alpha value is -1.09. The minimum absolute atomic E-state index is 0.0573. The molecule has 0 fully saturated rings. The lowest BCUT2D eigenvalue weighted by Crippen LogP contribution is -2.08. The number of esters is 1. The molecule has 0 spiro atoms. The summed E-state index contributed by atoms with van der Waals surface area (Å²) in [6, 6.07) is 2.74. The lowest BCUT2D eigenvalue weighted by Gasteiger charge is -2.07. The van der Waals surface area contributed by atoms with Crippen molar-refractivity contribution >= 4 is 17.6 Å². The first-order chi connectivity index (χ1) is 7.10. The van der Waals surface area contributed by atoms with Gasteiger partial charge in [0.1, 0.15) is 5.82 Å². The molecular formula is C11H12ClFO2. The van der Waals surface area contributed by atoms with Crippen LogP contribution in [0.4, 0.5) is 4.39 Å². The van der Waals surface area contributed by atoms with Crippen molar-refractivity contribution in [2.24, 2.45) is 0 Å². The third-order valence-electron chi connectivity index (χ3n) is 2.06. The van der Waals surface area contributed by atoms with E-state index in [1.54, 1.807) is 13.8 Å². The Bertz CT molecular complexity index is 377. The lowest BCUT2D eigenvalue weighted by molar-refractivity contribution is 0.0521. The molecule has 0 N–H and O–H groups in total. The highest BCUT2D eigenvalue weighted by molar-refractivity contribution is 6.17. The van der Waals surface area contributed by atoms with E-state index in [0.29, 0.717) is 0 Å². The molecule has 0 radical (unpaired) electrons. The highest BCUT2D eigenvalue weighted by Crippen LogP contribution is 2.18. The highest BCUT2D eigenvalue weighted by Gasteiger charge is 2.14. The molecule has 0 aliphatic rings. The number of carbonyl (C=O) groups excluding carboxylic acids is 1. The lowest BCUT2D eigenvalue weighted by atomic mass is 10.1. The zero-order valence-corrected chi connectivity index (χ0v) is 9.40. The monoisotopic (exact) mass is 230 g/mol. The number of carbonyl (C=O) groups is 1. The summed E-state index contributed by atoms with van der Waals surface area (Å²) in [6.07, 6.45) is 0. The largest absolute Gasteiger partial charge is 0.462 e. The zero-order chi connectivity index (χ0) is 11.4. The molecule has 0 unspecified atom stereocenters. The minimum Gasteiger partial charge on any atom is -0.462 e. The molecule has 15 heavy (non-hydrogen) atoms. The van der Waals surface area contributed by atoms with Crippen molar-refractivity contribution in [2.75, 3.05) is 6.61 Å². The summed E-state index contributed by atoms with van der Waals surface area (Å²) in [4.78, 5) is 11.3. The van der Waals surface area contributed by atoms with Crippen LogP contribution in [0.25, 0.3) is 0 Å². The van der Waals surface area contributed by atoms with Gasteiger partial charge >= 0.3 is 5.97 Å². The van der Waals surface area contributed by atoms with Crippen LogP contribution in [0.1, 0.15) is 28.4 Å². The number of aryl methyl sites for hydroxylation is 1. The molecule has 0 atom stereocenters. The van der Waals surface area contributed by atoms with E-state index in [1.807, 2.05) is 0 Å². The van der Waals surface area contributed by atoms with Gasteiger partial charge in [-0.2, -0.15) is 0 Å². The SMILES string of the molecule is CCOC(=O)c1cc(CCl)c(C)cc1F. The summed E-state index contributed by atoms with van der Waals surface area (Å²) >= 11 is 5.66. The molecule has 0 aromatic heterocycles. The van der Waals surface area contributed by atoms with Crippen molar-refractivity contribution in [3.63, 3.8) is 0 Å². The van der Waals surface area contributed by atoms with Crippen molar-refractivity contribution in [3.05, 3.63) is 34.6 Å². The first kappa shape index (κ1) is 12.0. The van der Waals surface area contributed by atoms with Gasteiger partial charge in [-0.15, -0.1) is 11.6 Å². The zero-order valence-electron chi connectivity index (χ0n) is 8.64. The number of halogens is 2. The maximum atomic E-state index is 13.4. The van der Waals surface area contributed by atoms with Gasteiger partial charge in [0.15, 0.2) is 0 Å². The van der Waals surface area contributed by atoms with Crippen LogP contribution in [-0.2, 0) is 10.6 Å². The van der Waals surface area contributed by atoms with Gasteiger partial charge in [-0.1, -0.05) is 0 Å². The van der Waals surface area contributed by atoms with Crippen LogP contribution in [-0.4, -0.2) is 12.6 Å². The molecule has 0 aliphatic carbocycles. The molecule has 0 aliphatic heterocycles. The van der Waals surface area contributed by atoms with Crippen LogP contribution >= 0.6 is 11.6 Å². The average molecular weight is 231 g/mol. The number of alkyl halides is 1. The van der Waals surface area contributed by atoms with Crippen LogP contribution in [0, 0.1) is 12.7 Å². The molecule has 1 aromatic rings. The van der Waals surface area contributed by atoms with E-state index in [0.717, 1.165) is 11.1 Å². The van der Waals surface area contributed by atoms with Crippen molar-refractivity contribution in [3.8, 4) is 0 Å². The molecule has 1 rings (SSSR count). The summed E-state index contributed by atoms with van der Waals surface area (Å²) in [6.45, 7) is 3.64. The van der Waals surface area contributed by atoms with Gasteiger partial charge in [-0.25, -0.2) is 9.18 Å². The molecule has 0 saturated carbocycles. The molecule has 1 aromatic carbocycles. The van der Waals surface area contributed by atoms with E-state index >= 15 is 0 Å². The summed E-state index contributed by atoms with van der Waals surface area (Å²) < 4.78 is 18.1. The van der Waals surface area contributed by atoms with E-state index in [2.05, 4.69) is 0 Å². The Balaban J connectivity index is 3.12. The normalized spacial score (nSPS) is 10.1. The van der Waals surface area contributed by atoms with Crippen LogP contribution in [0.3, 0.4) is 0 Å². The number of benzene rings is 1. The van der Waals surface area contributed by atoms with Gasteiger partial charge in [0.05, 0.1) is 12.2 Å². The Morgan fingerprint density at radius 1 is 1.53 bits per heavy atom. The fourth-order valence-corrected chi connectivity index (χ4v) is 1.51. The summed E-state index contributed by atoms with van der Waals surface area (Å²) in [5.41, 5.74) is 1.41. The minimum atomic E-state index is -0.652. The van der Waals surface area contributed by atoms with Crippen LogP contribution in [0.15, 0.2) is 12.1 Å². The van der Waals surface area contributed by atoms with Gasteiger partial charge in [0.25, 0.3) is 0 Å². The van der Waals surface area contributed by atoms with Gasteiger partial charge in [-0.05, 0) is 37.1 Å². The quantitative estimate of drug-likeness (QED) is 0.589. The molecule has 2 nitrogen and oxygen atoms in total. The third kappa shape index (κ3) is 2.69. The smallest absolute Gasteiger partial charge is 0.341 e. The summed E-state index contributed by atoms with van der Waals surface area (Å²) in [7, 11) is 0. The third-order valence-corrected chi connectivity index (χ3v) is 2.35. The van der Waals surface area contributed by atoms with Gasteiger partial charge < -0.3 is 4.74 Å². The van der Waals surface area contributed by atoms with Crippen molar-refractivity contribution < 1.29 is 13.9 Å². The fraction of sp³-hybridized carbons (Fsp3) is 0.364. The van der Waals surface area contributed by atoms with E-state index in [1.165, 1.54) is 12.1 Å². The number of ether oxygens (including phenoxy) is 1. The second kappa shape index (κ2) is 5.12. The van der Waals surface area contributed by atoms with Crippen molar-refractivity contribution in [2.45, 2.75) is 19.7 Å². The molecule has 82 valence electrons. The first-order valence-corrected chi connectivity index (χ1v) is 5.15. The standard InChI is InChI=1S/C11H12ClFO2/c1-3-15-11(14)9-5-8(6-12)7(2)4-10(9)13/h4-5H,3,6H2,1-2H3. The summed E-state index contributed by atoms with van der Waals surface area (Å²) in [5, 5.41) is 0. The topological polar surface area (TPSA) is 26.3 Å². The van der Waals surface area contributed by atoms with Crippen molar-refractivity contribution in [1.29, 1.82) is 0 Å². The van der Waals surface area contributed by atoms with Crippen LogP contribution in [0.5, 0.6) is 0 Å². The molecule has 4 heteroatoms. The maximum Gasteiger partial charge on any atom is 0.341 e. The number of hydrogen-bond donors (Lipinski definition) is 0. The first-order valence-electron chi connectivity index (χ1n) is 4.62. The Labute approximate surface area is 93.0 Å². The van der Waals surface area contributed by atoms with Crippen LogP contribution < -0.4 is 0 Å². The second-order valence-electron chi connectivity index (χ2n) is 3.11. The molecule has 0 bridgehead atoms. The molecular weight excluding hydrogens is 219 g/mol. The predicted octanol–water partition coefficient (Wildman–Crippen LogP) is 3.05. The maximum absolute atomic E-state index is 13.4. The number of rotatable bonds is 3. The van der Waals surface area contributed by atoms with Gasteiger partial charge in [0.2, 0.25) is 0 Å². The Morgan fingerprint density at radius 2 is 2.20 bits per heavy atom. The van der Waals surface area contributed by atoms with E-state index in [4.69, 9.17) is 16.3 Å². The van der Waals surface area contributed by atoms with E-state index < -0.39 is 11.8 Å². The van der Waals surface area contributed by atoms with E-state index in [9.17, 15) is 9.18 Å². The van der Waals surface area contributed by atoms with Crippen molar-refractivity contribution in [1.82, 2.24) is 0 Å². The Kier molecular flexibility index (Phi) is 4.09. The summed E-state index contributed by atoms with van der Waals surface area (Å²) in [5.74, 6) is -0.973. The van der Waals surface area contributed by atoms with E-state index in [-0.39, 0.29) is 18.1 Å². The average Bonchev–Trinajstić information content (AvgIpc) is 2.18. The fourth-order valence-electron chi connectivity index (χ4n) is 1.23. The second-order valence-corrected chi connectivity index (χ2v) is 3.38. The molecule has 0 amide bonds. The number of hydrogen-bond acceptors (Lipinski definition) is 2. The highest BCUT2D eigenvalue weighted by atomic mass is 35.5. The van der Waals surface area contributed by atoms with Crippen LogP contribution in [0.2, 0.25) is 0 Å². The predicted molar refractivity (Wildman–Crippen MR) is 56.7 cm³/mol. The van der Waals surface area contributed by atoms with Gasteiger partial charge in [0, 0.05) is 5.88 Å². The molecule has 0 heterocycles.